The molecular formula is C9H11F3N4O3. The van der Waals surface area contributed by atoms with Crippen LogP contribution in [0.3, 0.4) is 0 Å². The van der Waals surface area contributed by atoms with Crippen LogP contribution in [0.1, 0.15) is 36.1 Å². The van der Waals surface area contributed by atoms with Crippen molar-refractivity contribution in [2.75, 3.05) is 6.61 Å². The molecule has 1 unspecified atom stereocenters. The van der Waals surface area contributed by atoms with Gasteiger partial charge in [0, 0.05) is 0 Å². The summed E-state index contributed by atoms with van der Waals surface area (Å²) in [6.07, 6.45) is -4.92. The number of rotatable bonds is 4. The highest BCUT2D eigenvalue weighted by atomic mass is 19.4. The van der Waals surface area contributed by atoms with Crippen molar-refractivity contribution in [3.05, 3.63) is 11.4 Å². The van der Waals surface area contributed by atoms with Crippen molar-refractivity contribution in [1.82, 2.24) is 15.0 Å². The highest BCUT2D eigenvalue weighted by molar-refractivity contribution is 5.88. The quantitative estimate of drug-likeness (QED) is 0.810. The molecule has 2 N–H and O–H groups in total. The smallest absolute Gasteiger partial charge is 0.435 e. The number of aromatic nitrogens is 3. The first-order chi connectivity index (χ1) is 8.70. The predicted molar refractivity (Wildman–Crippen MR) is 54.9 cm³/mol. The van der Waals surface area contributed by atoms with Crippen molar-refractivity contribution >= 4 is 11.9 Å². The number of alkyl halides is 3. The zero-order chi connectivity index (χ0) is 14.8. The van der Waals surface area contributed by atoms with Crippen molar-refractivity contribution in [1.29, 1.82) is 0 Å². The van der Waals surface area contributed by atoms with Gasteiger partial charge >= 0.3 is 12.1 Å². The van der Waals surface area contributed by atoms with Gasteiger partial charge in [-0.2, -0.15) is 13.2 Å². The van der Waals surface area contributed by atoms with E-state index in [0.29, 0.717) is 0 Å². The Labute approximate surface area is 105 Å². The van der Waals surface area contributed by atoms with E-state index in [1.807, 2.05) is 0 Å². The SMILES string of the molecule is CCOC(=O)c1nnn(C(C)C(N)=O)c1C(F)(F)F. The molecule has 0 saturated heterocycles. The first-order valence-electron chi connectivity index (χ1n) is 5.19. The lowest BCUT2D eigenvalue weighted by Crippen LogP contribution is -2.29. The summed E-state index contributed by atoms with van der Waals surface area (Å²) in [6.45, 7) is 2.43. The van der Waals surface area contributed by atoms with Crippen LogP contribution in [0.2, 0.25) is 0 Å². The zero-order valence-electron chi connectivity index (χ0n) is 10.1. The molecule has 19 heavy (non-hydrogen) atoms. The van der Waals surface area contributed by atoms with Crippen LogP contribution >= 0.6 is 0 Å². The third-order valence-corrected chi connectivity index (χ3v) is 2.21. The van der Waals surface area contributed by atoms with Crippen molar-refractivity contribution < 1.29 is 27.5 Å². The summed E-state index contributed by atoms with van der Waals surface area (Å²) in [4.78, 5) is 22.3. The lowest BCUT2D eigenvalue weighted by Gasteiger charge is -2.13. The number of primary amides is 1. The maximum Gasteiger partial charge on any atom is 0.435 e. The number of nitrogens with two attached hydrogens (primary N) is 1. The van der Waals surface area contributed by atoms with Crippen LogP contribution in [0.25, 0.3) is 0 Å². The number of nitrogens with zero attached hydrogens (tertiary/aromatic N) is 3. The van der Waals surface area contributed by atoms with E-state index in [9.17, 15) is 22.8 Å². The van der Waals surface area contributed by atoms with E-state index in [2.05, 4.69) is 15.0 Å². The van der Waals surface area contributed by atoms with Gasteiger partial charge in [0.1, 0.15) is 6.04 Å². The molecule has 1 aromatic heterocycles. The van der Waals surface area contributed by atoms with Gasteiger partial charge in [-0.1, -0.05) is 5.21 Å². The number of ether oxygens (including phenoxy) is 1. The second-order valence-corrected chi connectivity index (χ2v) is 3.53. The molecule has 0 fully saturated rings. The molecule has 0 bridgehead atoms. The molecule has 0 radical (unpaired) electrons. The van der Waals surface area contributed by atoms with Gasteiger partial charge in [0.15, 0.2) is 5.69 Å². The van der Waals surface area contributed by atoms with Crippen molar-refractivity contribution in [2.45, 2.75) is 26.1 Å². The number of hydrogen-bond donors (Lipinski definition) is 1. The Bertz CT molecular complexity index is 497. The fourth-order valence-corrected chi connectivity index (χ4v) is 1.29. The minimum absolute atomic E-state index is 0.117. The summed E-state index contributed by atoms with van der Waals surface area (Å²) in [7, 11) is 0. The van der Waals surface area contributed by atoms with E-state index in [1.165, 1.54) is 6.92 Å². The standard InChI is InChI=1S/C9H11F3N4O3/c1-3-19-8(18)5-6(9(10,11)12)16(15-14-5)4(2)7(13)17/h4H,3H2,1-2H3,(H2,13,17). The Morgan fingerprint density at radius 2 is 2.05 bits per heavy atom. The van der Waals surface area contributed by atoms with Crippen LogP contribution in [0, 0.1) is 0 Å². The van der Waals surface area contributed by atoms with Crippen LogP contribution < -0.4 is 5.73 Å². The second-order valence-electron chi connectivity index (χ2n) is 3.53. The van der Waals surface area contributed by atoms with Gasteiger partial charge in [-0.3, -0.25) is 4.79 Å². The van der Waals surface area contributed by atoms with Crippen LogP contribution in [-0.4, -0.2) is 33.5 Å². The molecule has 0 aliphatic rings. The maximum atomic E-state index is 12.9. The van der Waals surface area contributed by atoms with Crippen molar-refractivity contribution in [2.24, 2.45) is 5.73 Å². The molecule has 0 aromatic carbocycles. The molecular weight excluding hydrogens is 269 g/mol. The van der Waals surface area contributed by atoms with Gasteiger partial charge < -0.3 is 10.5 Å². The zero-order valence-corrected chi connectivity index (χ0v) is 10.1. The van der Waals surface area contributed by atoms with E-state index >= 15 is 0 Å². The highest BCUT2D eigenvalue weighted by Crippen LogP contribution is 2.32. The van der Waals surface area contributed by atoms with Crippen LogP contribution in [0.15, 0.2) is 0 Å². The Morgan fingerprint density at radius 1 is 1.47 bits per heavy atom. The molecule has 0 saturated carbocycles. The third-order valence-electron chi connectivity index (χ3n) is 2.21. The van der Waals surface area contributed by atoms with Crippen LogP contribution in [-0.2, 0) is 15.7 Å². The van der Waals surface area contributed by atoms with Crippen LogP contribution in [0.4, 0.5) is 13.2 Å². The minimum Gasteiger partial charge on any atom is -0.461 e. The van der Waals surface area contributed by atoms with Gasteiger partial charge in [-0.05, 0) is 13.8 Å². The maximum absolute atomic E-state index is 12.9. The summed E-state index contributed by atoms with van der Waals surface area (Å²) in [5.41, 5.74) is 2.45. The molecule has 1 atom stereocenters. The largest absolute Gasteiger partial charge is 0.461 e. The molecule has 1 aromatic rings. The Hall–Kier alpha value is -2.13. The molecule has 7 nitrogen and oxygen atoms in total. The van der Waals surface area contributed by atoms with E-state index in [1.54, 1.807) is 0 Å². The monoisotopic (exact) mass is 280 g/mol. The first-order valence-corrected chi connectivity index (χ1v) is 5.19. The topological polar surface area (TPSA) is 100 Å². The lowest BCUT2D eigenvalue weighted by atomic mass is 10.2. The predicted octanol–water partition coefficient (Wildman–Crippen LogP) is 0.520. The summed E-state index contributed by atoms with van der Waals surface area (Å²) in [5.74, 6) is -2.30. The Kier molecular flexibility index (Phi) is 4.12. The molecule has 106 valence electrons. The van der Waals surface area contributed by atoms with E-state index < -0.39 is 35.5 Å². The fourth-order valence-electron chi connectivity index (χ4n) is 1.29. The van der Waals surface area contributed by atoms with E-state index in [0.717, 1.165) is 6.92 Å². The molecule has 0 aliphatic carbocycles. The average molecular weight is 280 g/mol. The number of carbonyl (C=O) groups is 2. The molecule has 0 aliphatic heterocycles. The molecule has 1 heterocycles. The molecule has 1 amide bonds. The fraction of sp³-hybridized carbons (Fsp3) is 0.556. The highest BCUT2D eigenvalue weighted by Gasteiger charge is 2.43. The second kappa shape index (κ2) is 5.24. The minimum atomic E-state index is -4.92. The number of halogens is 3. The van der Waals surface area contributed by atoms with E-state index in [-0.39, 0.29) is 11.3 Å². The van der Waals surface area contributed by atoms with Crippen molar-refractivity contribution in [3.8, 4) is 0 Å². The van der Waals surface area contributed by atoms with Gasteiger partial charge in [-0.25, -0.2) is 9.48 Å². The van der Waals surface area contributed by atoms with Gasteiger partial charge in [0.05, 0.1) is 6.61 Å². The first kappa shape index (κ1) is 14.9. The number of amides is 1. The average Bonchev–Trinajstić information content (AvgIpc) is 2.72. The molecule has 1 rings (SSSR count). The Balaban J connectivity index is 3.36. The van der Waals surface area contributed by atoms with Crippen molar-refractivity contribution in [3.63, 3.8) is 0 Å². The van der Waals surface area contributed by atoms with E-state index in [4.69, 9.17) is 5.73 Å². The van der Waals surface area contributed by atoms with Gasteiger partial charge in [0.25, 0.3) is 0 Å². The summed E-state index contributed by atoms with van der Waals surface area (Å²) >= 11 is 0. The summed E-state index contributed by atoms with van der Waals surface area (Å²) < 4.78 is 43.4. The number of esters is 1. The summed E-state index contributed by atoms with van der Waals surface area (Å²) in [5, 5.41) is 6.27. The van der Waals surface area contributed by atoms with Crippen LogP contribution in [0.5, 0.6) is 0 Å². The molecule has 0 spiro atoms. The van der Waals surface area contributed by atoms with Gasteiger partial charge in [0.2, 0.25) is 11.6 Å². The number of hydrogen-bond acceptors (Lipinski definition) is 5. The third kappa shape index (κ3) is 3.01. The molecule has 10 heteroatoms. The normalized spacial score (nSPS) is 13.1. The number of carbonyl (C=O) groups excluding carboxylic acids is 2. The summed E-state index contributed by atoms with van der Waals surface area (Å²) in [6, 6.07) is -1.40. The Morgan fingerprint density at radius 3 is 2.47 bits per heavy atom. The van der Waals surface area contributed by atoms with Gasteiger partial charge in [-0.15, -0.1) is 5.10 Å². The lowest BCUT2D eigenvalue weighted by molar-refractivity contribution is -0.146.